The summed E-state index contributed by atoms with van der Waals surface area (Å²) < 4.78 is 0.899. The van der Waals surface area contributed by atoms with E-state index < -0.39 is 0 Å². The molecule has 0 radical (unpaired) electrons. The van der Waals surface area contributed by atoms with Gasteiger partial charge in [-0.3, -0.25) is 0 Å². The van der Waals surface area contributed by atoms with Crippen LogP contribution in [0.2, 0.25) is 0 Å². The number of urea groups is 1. The van der Waals surface area contributed by atoms with Crippen molar-refractivity contribution in [2.45, 2.75) is 6.92 Å². The maximum absolute atomic E-state index is 12.2. The van der Waals surface area contributed by atoms with Crippen molar-refractivity contribution in [1.82, 2.24) is 9.97 Å². The first-order chi connectivity index (χ1) is 14.9. The zero-order valence-electron chi connectivity index (χ0n) is 16.3. The van der Waals surface area contributed by atoms with E-state index in [0.29, 0.717) is 17.2 Å². The van der Waals surface area contributed by atoms with Gasteiger partial charge in [0.1, 0.15) is 17.0 Å². The molecule has 2 heterocycles. The van der Waals surface area contributed by atoms with E-state index in [0.717, 1.165) is 36.8 Å². The summed E-state index contributed by atoms with van der Waals surface area (Å²) in [6, 6.07) is 14.7. The second-order valence-electron chi connectivity index (χ2n) is 6.24. The number of isocyanates is 1. The third-order valence-corrected chi connectivity index (χ3v) is 5.71. The fourth-order valence-corrected chi connectivity index (χ4v) is 4.41. The molecule has 0 saturated heterocycles. The fraction of sp³-hybridized carbons (Fsp3) is 0.0476. The van der Waals surface area contributed by atoms with Crippen LogP contribution in [0.1, 0.15) is 4.88 Å². The van der Waals surface area contributed by atoms with Gasteiger partial charge in [0.25, 0.3) is 0 Å². The summed E-state index contributed by atoms with van der Waals surface area (Å²) in [5.74, 6) is 0.472. The molecule has 0 aliphatic rings. The first-order valence-corrected chi connectivity index (χ1v) is 10.5. The molecule has 0 saturated carbocycles. The molecule has 2 amide bonds. The number of amides is 2. The Balaban J connectivity index is 0.000000858. The topological polar surface area (TPSA) is 134 Å². The lowest BCUT2D eigenvalue weighted by Gasteiger charge is -2.09. The quantitative estimate of drug-likeness (QED) is 0.217. The number of carbonyl (C=O) groups excluding carboxylic acids is 2. The molecule has 10 heteroatoms. The lowest BCUT2D eigenvalue weighted by molar-refractivity contribution is 0.262. The number of aryl methyl sites for hydroxylation is 1. The fourth-order valence-electron chi connectivity index (χ4n) is 2.99. The highest BCUT2D eigenvalue weighted by Crippen LogP contribution is 2.39. The number of hydrogen-bond donors (Lipinski definition) is 4. The molecule has 156 valence electrons. The lowest BCUT2D eigenvalue weighted by Crippen LogP contribution is -2.19. The Bertz CT molecular complexity index is 1270. The number of halogens is 1. The van der Waals surface area contributed by atoms with Crippen molar-refractivity contribution < 1.29 is 9.59 Å². The summed E-state index contributed by atoms with van der Waals surface area (Å²) in [5, 5.41) is 11.9. The molecule has 0 bridgehead atoms. The number of thiophene rings is 1. The van der Waals surface area contributed by atoms with Crippen LogP contribution in [0.5, 0.6) is 0 Å². The number of rotatable bonds is 3. The molecule has 0 aliphatic carbocycles. The first kappa shape index (κ1) is 22.1. The number of nitrogen functional groups attached to an aromatic ring is 1. The standard InChI is InChI=1S/C20H16BrN5OS.CHNO/c1-11-16(17-18(22)23-10-24-19(17)28-11)12-5-7-14(8-6-12)25-20(27)26-15-4-2-3-13(21)9-15;2-1-3/h2-10H,1H3,(H2,22,23,24)(H2,25,26,27);2H. The van der Waals surface area contributed by atoms with Crippen molar-refractivity contribution in [3.63, 3.8) is 0 Å². The molecular formula is C21H17BrN6O2S. The minimum absolute atomic E-state index is 0.305. The van der Waals surface area contributed by atoms with Crippen LogP contribution in [-0.4, -0.2) is 22.1 Å². The van der Waals surface area contributed by atoms with Gasteiger partial charge in [-0.25, -0.2) is 25.0 Å². The first-order valence-electron chi connectivity index (χ1n) is 8.90. The Kier molecular flexibility index (Phi) is 7.09. The van der Waals surface area contributed by atoms with E-state index >= 15 is 0 Å². The van der Waals surface area contributed by atoms with Gasteiger partial charge in [-0.05, 0) is 42.8 Å². The number of aromatic nitrogens is 2. The Labute approximate surface area is 190 Å². The Morgan fingerprint density at radius 2 is 1.81 bits per heavy atom. The molecular weight excluding hydrogens is 480 g/mol. The van der Waals surface area contributed by atoms with E-state index in [2.05, 4.69) is 36.5 Å². The summed E-state index contributed by atoms with van der Waals surface area (Å²) in [4.78, 5) is 31.0. The van der Waals surface area contributed by atoms with Crippen LogP contribution in [0.3, 0.4) is 0 Å². The van der Waals surface area contributed by atoms with Gasteiger partial charge in [0.2, 0.25) is 6.08 Å². The summed E-state index contributed by atoms with van der Waals surface area (Å²) in [5.41, 5.74) is 9.51. The molecule has 8 nitrogen and oxygen atoms in total. The number of nitrogens with one attached hydrogen (secondary N) is 3. The lowest BCUT2D eigenvalue weighted by atomic mass is 10.0. The molecule has 31 heavy (non-hydrogen) atoms. The van der Waals surface area contributed by atoms with Crippen molar-refractivity contribution in [2.75, 3.05) is 16.4 Å². The Morgan fingerprint density at radius 3 is 2.48 bits per heavy atom. The van der Waals surface area contributed by atoms with Gasteiger partial charge in [0.15, 0.2) is 0 Å². The van der Waals surface area contributed by atoms with E-state index in [1.165, 1.54) is 6.33 Å². The van der Waals surface area contributed by atoms with E-state index in [9.17, 15) is 4.79 Å². The third kappa shape index (κ3) is 5.32. The molecule has 5 N–H and O–H groups in total. The predicted molar refractivity (Wildman–Crippen MR) is 127 cm³/mol. The predicted octanol–water partition coefficient (Wildman–Crippen LogP) is 5.56. The summed E-state index contributed by atoms with van der Waals surface area (Å²) >= 11 is 4.98. The summed E-state index contributed by atoms with van der Waals surface area (Å²) in [7, 11) is 0. The van der Waals surface area contributed by atoms with Crippen LogP contribution in [0, 0.1) is 12.3 Å². The molecule has 4 rings (SSSR count). The largest absolute Gasteiger partial charge is 0.383 e. The number of nitrogens with zero attached hydrogens (tertiary/aromatic N) is 2. The molecule has 0 fully saturated rings. The molecule has 0 aliphatic heterocycles. The molecule has 0 unspecified atom stereocenters. The van der Waals surface area contributed by atoms with Crippen molar-refractivity contribution in [1.29, 1.82) is 5.41 Å². The van der Waals surface area contributed by atoms with Gasteiger partial charge in [0.05, 0.1) is 5.39 Å². The zero-order valence-corrected chi connectivity index (χ0v) is 18.7. The van der Waals surface area contributed by atoms with E-state index in [-0.39, 0.29) is 6.03 Å². The highest BCUT2D eigenvalue weighted by atomic mass is 79.9. The second kappa shape index (κ2) is 9.94. The molecule has 0 spiro atoms. The SMILES string of the molecule is Cc1sc2ncnc(N)c2c1-c1ccc(NC(=O)Nc2cccc(Br)c2)cc1.N=C=O. The van der Waals surface area contributed by atoms with Crippen LogP contribution >= 0.6 is 27.3 Å². The second-order valence-corrected chi connectivity index (χ2v) is 8.36. The van der Waals surface area contributed by atoms with E-state index in [4.69, 9.17) is 15.9 Å². The number of anilines is 3. The zero-order chi connectivity index (χ0) is 22.4. The molecule has 2 aromatic carbocycles. The summed E-state index contributed by atoms with van der Waals surface area (Å²) in [6.07, 6.45) is 2.23. The van der Waals surface area contributed by atoms with E-state index in [1.807, 2.05) is 55.5 Å². The van der Waals surface area contributed by atoms with Crippen LogP contribution in [0.15, 0.2) is 59.3 Å². The van der Waals surface area contributed by atoms with Crippen LogP contribution in [-0.2, 0) is 4.79 Å². The Hall–Kier alpha value is -3.59. The van der Waals surface area contributed by atoms with Crippen molar-refractivity contribution in [3.8, 4) is 11.1 Å². The molecule has 4 aromatic rings. The molecule has 2 aromatic heterocycles. The van der Waals surface area contributed by atoms with Gasteiger partial charge < -0.3 is 16.4 Å². The number of nitrogens with two attached hydrogens (primary N) is 1. The van der Waals surface area contributed by atoms with Crippen LogP contribution in [0.4, 0.5) is 22.0 Å². The highest BCUT2D eigenvalue weighted by Gasteiger charge is 2.15. The van der Waals surface area contributed by atoms with Gasteiger partial charge in [-0.2, -0.15) is 0 Å². The van der Waals surface area contributed by atoms with E-state index in [1.54, 1.807) is 11.3 Å². The number of carbonyl (C=O) groups is 1. The maximum Gasteiger partial charge on any atom is 0.323 e. The number of benzene rings is 2. The maximum atomic E-state index is 12.2. The number of hydrogen-bond acceptors (Lipinski definition) is 7. The monoisotopic (exact) mass is 496 g/mol. The van der Waals surface area contributed by atoms with Crippen molar-refractivity contribution >= 4 is 66.8 Å². The minimum Gasteiger partial charge on any atom is -0.383 e. The normalized spacial score (nSPS) is 10.0. The molecule has 0 atom stereocenters. The number of fused-ring (bicyclic) bond motifs is 1. The minimum atomic E-state index is -0.305. The smallest absolute Gasteiger partial charge is 0.323 e. The average molecular weight is 497 g/mol. The van der Waals surface area contributed by atoms with Gasteiger partial charge in [0, 0.05) is 26.3 Å². The van der Waals surface area contributed by atoms with Crippen molar-refractivity contribution in [2.24, 2.45) is 0 Å². The van der Waals surface area contributed by atoms with Crippen LogP contribution < -0.4 is 16.4 Å². The average Bonchev–Trinajstić information content (AvgIpc) is 3.06. The Morgan fingerprint density at radius 1 is 1.13 bits per heavy atom. The van der Waals surface area contributed by atoms with Gasteiger partial charge >= 0.3 is 6.03 Å². The van der Waals surface area contributed by atoms with Gasteiger partial charge in [-0.1, -0.05) is 34.1 Å². The summed E-state index contributed by atoms with van der Waals surface area (Å²) in [6.45, 7) is 2.04. The highest BCUT2D eigenvalue weighted by molar-refractivity contribution is 9.10. The van der Waals surface area contributed by atoms with Gasteiger partial charge in [-0.15, -0.1) is 11.3 Å². The third-order valence-electron chi connectivity index (χ3n) is 4.21. The van der Waals surface area contributed by atoms with Crippen molar-refractivity contribution in [3.05, 3.63) is 64.2 Å². The van der Waals surface area contributed by atoms with Crippen LogP contribution in [0.25, 0.3) is 21.3 Å².